The van der Waals surface area contributed by atoms with E-state index < -0.39 is 20.9 Å². The van der Waals surface area contributed by atoms with Gasteiger partial charge in [0.2, 0.25) is 0 Å². The molecule has 2 aromatic rings. The number of thioether (sulfide) groups is 1. The van der Waals surface area contributed by atoms with Gasteiger partial charge in [-0.2, -0.15) is 0 Å². The van der Waals surface area contributed by atoms with Crippen molar-refractivity contribution in [2.45, 2.75) is 22.0 Å². The highest BCUT2D eigenvalue weighted by Crippen LogP contribution is 2.28. The van der Waals surface area contributed by atoms with Crippen LogP contribution in [0, 0.1) is 5.82 Å². The van der Waals surface area contributed by atoms with E-state index in [1.54, 1.807) is 28.8 Å². The van der Waals surface area contributed by atoms with Gasteiger partial charge in [0, 0.05) is 18.0 Å². The number of hydrogen-bond donors (Lipinski definition) is 0. The average molecular weight is 379 g/mol. The third-order valence-corrected chi connectivity index (χ3v) is 7.19. The van der Waals surface area contributed by atoms with E-state index >= 15 is 0 Å². The number of nitrogens with zero attached hydrogens (tertiary/aromatic N) is 1. The van der Waals surface area contributed by atoms with Crippen molar-refractivity contribution < 1.29 is 17.6 Å². The van der Waals surface area contributed by atoms with Crippen molar-refractivity contribution >= 4 is 27.5 Å². The molecule has 0 saturated carbocycles. The molecule has 1 saturated heterocycles. The van der Waals surface area contributed by atoms with Crippen LogP contribution in [0.15, 0.2) is 58.3 Å². The van der Waals surface area contributed by atoms with E-state index in [4.69, 9.17) is 0 Å². The normalized spacial score (nSPS) is 15.0. The lowest BCUT2D eigenvalue weighted by Gasteiger charge is -2.38. The van der Waals surface area contributed by atoms with Crippen molar-refractivity contribution in [1.82, 2.24) is 4.90 Å². The molecule has 0 aliphatic carbocycles. The van der Waals surface area contributed by atoms with Crippen LogP contribution in [0.1, 0.15) is 17.3 Å². The molecule has 0 radical (unpaired) electrons. The molecule has 1 amide bonds. The lowest BCUT2D eigenvalue weighted by molar-refractivity contribution is 0.0655. The van der Waals surface area contributed by atoms with Crippen LogP contribution in [0.4, 0.5) is 4.39 Å². The van der Waals surface area contributed by atoms with Gasteiger partial charge < -0.3 is 4.90 Å². The Balaban J connectivity index is 1.72. The molecule has 4 nitrogen and oxygen atoms in total. The average Bonchev–Trinajstić information content (AvgIpc) is 2.54. The molecule has 2 aromatic carbocycles. The predicted molar refractivity (Wildman–Crippen MR) is 96.1 cm³/mol. The minimum absolute atomic E-state index is 0.0907. The minimum Gasteiger partial charge on any atom is -0.336 e. The lowest BCUT2D eigenvalue weighted by Crippen LogP contribution is -2.56. The molecule has 0 atom stereocenters. The zero-order valence-electron chi connectivity index (χ0n) is 13.7. The Kier molecular flexibility index (Phi) is 5.15. The van der Waals surface area contributed by atoms with Gasteiger partial charge in [0.1, 0.15) is 11.1 Å². The van der Waals surface area contributed by atoms with E-state index in [2.05, 4.69) is 0 Å². The van der Waals surface area contributed by atoms with Crippen molar-refractivity contribution in [3.05, 3.63) is 59.9 Å². The van der Waals surface area contributed by atoms with Gasteiger partial charge in [0.15, 0.2) is 9.84 Å². The number of carbonyl (C=O) groups is 1. The van der Waals surface area contributed by atoms with E-state index in [1.165, 1.54) is 12.1 Å². The summed E-state index contributed by atoms with van der Waals surface area (Å²) < 4.78 is 38.0. The maximum Gasteiger partial charge on any atom is 0.255 e. The number of amides is 1. The maximum atomic E-state index is 13.0. The monoisotopic (exact) mass is 379 g/mol. The molecule has 3 rings (SSSR count). The molecule has 25 heavy (non-hydrogen) atoms. The van der Waals surface area contributed by atoms with Crippen molar-refractivity contribution in [3.8, 4) is 0 Å². The van der Waals surface area contributed by atoms with Crippen LogP contribution in [0.25, 0.3) is 0 Å². The summed E-state index contributed by atoms with van der Waals surface area (Å²) in [5, 5.41) is -0.645. The van der Waals surface area contributed by atoms with Crippen LogP contribution in [0.3, 0.4) is 0 Å². The molecule has 0 aromatic heterocycles. The molecule has 0 spiro atoms. The van der Waals surface area contributed by atoms with Crippen molar-refractivity contribution in [3.63, 3.8) is 0 Å². The van der Waals surface area contributed by atoms with Crippen LogP contribution in [0.2, 0.25) is 0 Å². The van der Waals surface area contributed by atoms with Crippen LogP contribution >= 0.6 is 11.8 Å². The zero-order valence-corrected chi connectivity index (χ0v) is 15.3. The highest BCUT2D eigenvalue weighted by Gasteiger charge is 2.41. The van der Waals surface area contributed by atoms with Crippen LogP contribution in [-0.2, 0) is 9.84 Å². The zero-order chi connectivity index (χ0) is 18.0. The Morgan fingerprint density at radius 1 is 1.16 bits per heavy atom. The van der Waals surface area contributed by atoms with Gasteiger partial charge in [-0.15, -0.1) is 11.8 Å². The molecule has 1 heterocycles. The van der Waals surface area contributed by atoms with Gasteiger partial charge >= 0.3 is 0 Å². The topological polar surface area (TPSA) is 54.5 Å². The quantitative estimate of drug-likeness (QED) is 0.591. The number of likely N-dealkylation sites (tertiary alicyclic amines) is 1. The van der Waals surface area contributed by atoms with Gasteiger partial charge in [-0.3, -0.25) is 4.79 Å². The fourth-order valence-corrected chi connectivity index (χ4v) is 5.16. The number of halogens is 1. The summed E-state index contributed by atoms with van der Waals surface area (Å²) in [4.78, 5) is 15.2. The van der Waals surface area contributed by atoms with Crippen molar-refractivity contribution in [2.75, 3.05) is 18.8 Å². The maximum absolute atomic E-state index is 13.0. The molecule has 7 heteroatoms. The van der Waals surface area contributed by atoms with Gasteiger partial charge in [-0.05, 0) is 42.2 Å². The van der Waals surface area contributed by atoms with E-state index in [0.717, 1.165) is 22.8 Å². The van der Waals surface area contributed by atoms with E-state index in [-0.39, 0.29) is 23.9 Å². The molecule has 0 bridgehead atoms. The summed E-state index contributed by atoms with van der Waals surface area (Å²) in [6.07, 6.45) is 0. The third-order valence-electron chi connectivity index (χ3n) is 4.13. The summed E-state index contributed by atoms with van der Waals surface area (Å²) in [5.74, 6) is 0.225. The predicted octanol–water partition coefficient (Wildman–Crippen LogP) is 3.24. The number of sulfone groups is 1. The second kappa shape index (κ2) is 7.17. The summed E-state index contributed by atoms with van der Waals surface area (Å²) >= 11 is 1.59. The number of benzene rings is 2. The first kappa shape index (κ1) is 17.9. The Hall–Kier alpha value is -1.86. The molecular weight excluding hydrogens is 361 g/mol. The molecule has 1 aliphatic rings. The van der Waals surface area contributed by atoms with Crippen LogP contribution in [0.5, 0.6) is 0 Å². The molecule has 0 N–H and O–H groups in total. The third kappa shape index (κ3) is 3.57. The largest absolute Gasteiger partial charge is 0.336 e. The van der Waals surface area contributed by atoms with Gasteiger partial charge in [0.05, 0.1) is 10.5 Å². The standard InChI is InChI=1S/C18H18FNO3S2/c1-2-24-17-6-4-3-5-16(17)18(21)20-11-15(12-20)25(22,23)14-9-7-13(19)8-10-14/h3-10,15H,2,11-12H2,1H3. The second-order valence-electron chi connectivity index (χ2n) is 5.76. The van der Waals surface area contributed by atoms with Crippen molar-refractivity contribution in [1.29, 1.82) is 0 Å². The van der Waals surface area contributed by atoms with Crippen LogP contribution in [-0.4, -0.2) is 43.3 Å². The SMILES string of the molecule is CCSc1ccccc1C(=O)N1CC(S(=O)(=O)c2ccc(F)cc2)C1. The minimum atomic E-state index is -3.55. The molecular formula is C18H18FNO3S2. The van der Waals surface area contributed by atoms with Crippen LogP contribution < -0.4 is 0 Å². The second-order valence-corrected chi connectivity index (χ2v) is 9.29. The first-order valence-corrected chi connectivity index (χ1v) is 10.5. The van der Waals surface area contributed by atoms with E-state index in [1.807, 2.05) is 19.1 Å². The van der Waals surface area contributed by atoms with Crippen molar-refractivity contribution in [2.24, 2.45) is 0 Å². The highest BCUT2D eigenvalue weighted by atomic mass is 32.2. The molecule has 0 unspecified atom stereocenters. The van der Waals surface area contributed by atoms with Gasteiger partial charge in [-0.1, -0.05) is 19.1 Å². The Morgan fingerprint density at radius 2 is 1.80 bits per heavy atom. The smallest absolute Gasteiger partial charge is 0.255 e. The number of carbonyl (C=O) groups excluding carboxylic acids is 1. The van der Waals surface area contributed by atoms with E-state index in [0.29, 0.717) is 5.56 Å². The number of hydrogen-bond acceptors (Lipinski definition) is 4. The van der Waals surface area contributed by atoms with E-state index in [9.17, 15) is 17.6 Å². The summed E-state index contributed by atoms with van der Waals surface area (Å²) in [7, 11) is -3.55. The Bertz CT molecular complexity index is 875. The Labute approximate surface area is 151 Å². The summed E-state index contributed by atoms with van der Waals surface area (Å²) in [5.41, 5.74) is 0.604. The fourth-order valence-electron chi connectivity index (χ4n) is 2.71. The fraction of sp³-hybridized carbons (Fsp3) is 0.278. The first-order chi connectivity index (χ1) is 11.9. The summed E-state index contributed by atoms with van der Waals surface area (Å²) in [6.45, 7) is 2.33. The number of rotatable bonds is 5. The molecule has 1 aliphatic heterocycles. The van der Waals surface area contributed by atoms with Gasteiger partial charge in [0.25, 0.3) is 5.91 Å². The Morgan fingerprint density at radius 3 is 2.44 bits per heavy atom. The molecule has 132 valence electrons. The first-order valence-electron chi connectivity index (χ1n) is 7.94. The molecule has 1 fully saturated rings. The van der Waals surface area contributed by atoms with Gasteiger partial charge in [-0.25, -0.2) is 12.8 Å². The summed E-state index contributed by atoms with van der Waals surface area (Å²) in [6, 6.07) is 12.1. The lowest BCUT2D eigenvalue weighted by atomic mass is 10.1. The highest BCUT2D eigenvalue weighted by molar-refractivity contribution is 7.99.